The van der Waals surface area contributed by atoms with Crippen LogP contribution >= 0.6 is 23.8 Å². The number of aromatic nitrogens is 2. The predicted octanol–water partition coefficient (Wildman–Crippen LogP) is 3.07. The van der Waals surface area contributed by atoms with Crippen molar-refractivity contribution < 1.29 is 0 Å². The molecular formula is C13H15ClN4S. The van der Waals surface area contributed by atoms with Gasteiger partial charge in [-0.05, 0) is 31.5 Å². The van der Waals surface area contributed by atoms with Crippen molar-refractivity contribution in [2.45, 2.75) is 13.8 Å². The lowest BCUT2D eigenvalue weighted by Gasteiger charge is -2.12. The van der Waals surface area contributed by atoms with E-state index in [2.05, 4.69) is 10.4 Å². The van der Waals surface area contributed by atoms with Crippen LogP contribution in [-0.4, -0.2) is 14.8 Å². The van der Waals surface area contributed by atoms with E-state index in [1.54, 1.807) is 4.68 Å². The number of rotatable bonds is 3. The van der Waals surface area contributed by atoms with Crippen LogP contribution in [0.5, 0.6) is 0 Å². The quantitative estimate of drug-likeness (QED) is 0.854. The highest BCUT2D eigenvalue weighted by molar-refractivity contribution is 7.80. The zero-order chi connectivity index (χ0) is 14.2. The summed E-state index contributed by atoms with van der Waals surface area (Å²) in [5.41, 5.74) is 9.21. The third kappa shape index (κ3) is 2.57. The minimum absolute atomic E-state index is 0.327. The fourth-order valence-corrected chi connectivity index (χ4v) is 2.39. The second-order valence-corrected chi connectivity index (χ2v) is 5.18. The van der Waals surface area contributed by atoms with E-state index >= 15 is 0 Å². The van der Waals surface area contributed by atoms with Gasteiger partial charge in [-0.25, -0.2) is 0 Å². The van der Waals surface area contributed by atoms with E-state index in [4.69, 9.17) is 29.6 Å². The van der Waals surface area contributed by atoms with E-state index < -0.39 is 0 Å². The number of nitrogens with two attached hydrogens (primary N) is 1. The van der Waals surface area contributed by atoms with E-state index in [9.17, 15) is 0 Å². The summed E-state index contributed by atoms with van der Waals surface area (Å²) in [4.78, 5) is 0.327. The lowest BCUT2D eigenvalue weighted by atomic mass is 10.2. The number of hydrogen-bond acceptors (Lipinski definition) is 3. The number of nitrogens with zero attached hydrogens (tertiary/aromatic N) is 2. The van der Waals surface area contributed by atoms with Gasteiger partial charge in [-0.1, -0.05) is 29.9 Å². The topological polar surface area (TPSA) is 55.9 Å². The Kier molecular flexibility index (Phi) is 3.78. The fraction of sp³-hybridized carbons (Fsp3) is 0.231. The maximum atomic E-state index is 6.11. The summed E-state index contributed by atoms with van der Waals surface area (Å²) >= 11 is 11.2. The van der Waals surface area contributed by atoms with Crippen molar-refractivity contribution >= 4 is 40.3 Å². The Morgan fingerprint density at radius 3 is 2.74 bits per heavy atom. The third-order valence-electron chi connectivity index (χ3n) is 2.99. The highest BCUT2D eigenvalue weighted by Crippen LogP contribution is 2.28. The van der Waals surface area contributed by atoms with Crippen LogP contribution in [-0.2, 0) is 7.05 Å². The molecule has 0 fully saturated rings. The van der Waals surface area contributed by atoms with Crippen LogP contribution in [0.3, 0.4) is 0 Å². The van der Waals surface area contributed by atoms with Gasteiger partial charge in [0, 0.05) is 17.8 Å². The minimum atomic E-state index is 0.327. The molecule has 3 N–H and O–H groups in total. The molecule has 0 spiro atoms. The maximum absolute atomic E-state index is 6.11. The summed E-state index contributed by atoms with van der Waals surface area (Å²) in [6.45, 7) is 3.83. The van der Waals surface area contributed by atoms with Crippen molar-refractivity contribution in [2.24, 2.45) is 12.8 Å². The Hall–Kier alpha value is -1.59. The molecule has 0 bridgehead atoms. The second-order valence-electron chi connectivity index (χ2n) is 4.33. The van der Waals surface area contributed by atoms with Gasteiger partial charge in [0.25, 0.3) is 0 Å². The molecule has 0 atom stereocenters. The zero-order valence-corrected chi connectivity index (χ0v) is 12.6. The Morgan fingerprint density at radius 1 is 1.42 bits per heavy atom. The predicted molar refractivity (Wildman–Crippen MR) is 83.3 cm³/mol. The number of nitrogens with one attached hydrogen (secondary N) is 1. The molecule has 0 aliphatic rings. The summed E-state index contributed by atoms with van der Waals surface area (Å²) in [5, 5.41) is 8.34. The molecule has 19 heavy (non-hydrogen) atoms. The summed E-state index contributed by atoms with van der Waals surface area (Å²) < 4.78 is 1.73. The standard InChI is InChI=1S/C13H15ClN4S/c1-7-9(14)5-4-6-10(7)16-13-11(12(15)19)8(2)17-18(13)3/h4-6,16H,1-3H3,(H2,15,19). The molecule has 0 unspecified atom stereocenters. The molecule has 1 aromatic heterocycles. The molecule has 0 amide bonds. The first-order chi connectivity index (χ1) is 8.91. The Bertz CT molecular complexity index is 648. The van der Waals surface area contributed by atoms with Crippen LogP contribution in [0.1, 0.15) is 16.8 Å². The number of benzene rings is 1. The Labute approximate surface area is 122 Å². The molecule has 2 rings (SSSR count). The van der Waals surface area contributed by atoms with Gasteiger partial charge in [-0.15, -0.1) is 0 Å². The molecule has 0 saturated carbocycles. The van der Waals surface area contributed by atoms with Crippen molar-refractivity contribution in [1.82, 2.24) is 9.78 Å². The van der Waals surface area contributed by atoms with Gasteiger partial charge in [0.2, 0.25) is 0 Å². The lowest BCUT2D eigenvalue weighted by Crippen LogP contribution is -2.13. The maximum Gasteiger partial charge on any atom is 0.138 e. The third-order valence-corrected chi connectivity index (χ3v) is 3.60. The van der Waals surface area contributed by atoms with E-state index in [0.29, 0.717) is 10.0 Å². The second kappa shape index (κ2) is 5.19. The average Bonchev–Trinajstić information content (AvgIpc) is 2.60. The van der Waals surface area contributed by atoms with Crippen LogP contribution in [0.25, 0.3) is 0 Å². The molecule has 0 aliphatic carbocycles. The zero-order valence-electron chi connectivity index (χ0n) is 11.0. The first-order valence-electron chi connectivity index (χ1n) is 5.77. The first kappa shape index (κ1) is 13.8. The summed E-state index contributed by atoms with van der Waals surface area (Å²) in [7, 11) is 1.84. The van der Waals surface area contributed by atoms with Crippen LogP contribution in [0.2, 0.25) is 5.02 Å². The van der Waals surface area contributed by atoms with Crippen molar-refractivity contribution in [3.63, 3.8) is 0 Å². The molecule has 2 aromatic rings. The summed E-state index contributed by atoms with van der Waals surface area (Å²) in [5.74, 6) is 0.773. The van der Waals surface area contributed by atoms with E-state index in [-0.39, 0.29) is 0 Å². The Morgan fingerprint density at radius 2 is 2.11 bits per heavy atom. The summed E-state index contributed by atoms with van der Waals surface area (Å²) in [6, 6.07) is 5.69. The van der Waals surface area contributed by atoms with Gasteiger partial charge in [0.05, 0.1) is 11.3 Å². The molecule has 6 heteroatoms. The van der Waals surface area contributed by atoms with Crippen molar-refractivity contribution in [3.05, 3.63) is 40.0 Å². The molecular weight excluding hydrogens is 280 g/mol. The van der Waals surface area contributed by atoms with Crippen molar-refractivity contribution in [1.29, 1.82) is 0 Å². The highest BCUT2D eigenvalue weighted by atomic mass is 35.5. The van der Waals surface area contributed by atoms with Gasteiger partial charge in [0.15, 0.2) is 0 Å². The number of halogens is 1. The van der Waals surface area contributed by atoms with Gasteiger partial charge in [-0.2, -0.15) is 5.10 Å². The first-order valence-corrected chi connectivity index (χ1v) is 6.56. The Balaban J connectivity index is 2.49. The number of anilines is 2. The molecule has 0 radical (unpaired) electrons. The van der Waals surface area contributed by atoms with E-state index in [1.165, 1.54) is 0 Å². The van der Waals surface area contributed by atoms with Gasteiger partial charge in [0.1, 0.15) is 10.8 Å². The summed E-state index contributed by atoms with van der Waals surface area (Å²) in [6.07, 6.45) is 0. The van der Waals surface area contributed by atoms with E-state index in [0.717, 1.165) is 28.3 Å². The molecule has 1 aromatic carbocycles. The SMILES string of the molecule is Cc1nn(C)c(Nc2cccc(Cl)c2C)c1C(N)=S. The van der Waals surface area contributed by atoms with Crippen molar-refractivity contribution in [2.75, 3.05) is 5.32 Å². The van der Waals surface area contributed by atoms with Crippen LogP contribution in [0.4, 0.5) is 11.5 Å². The van der Waals surface area contributed by atoms with Gasteiger partial charge in [-0.3, -0.25) is 4.68 Å². The number of thiocarbonyl (C=S) groups is 1. The van der Waals surface area contributed by atoms with Crippen LogP contribution in [0.15, 0.2) is 18.2 Å². The normalized spacial score (nSPS) is 10.5. The van der Waals surface area contributed by atoms with Gasteiger partial charge < -0.3 is 11.1 Å². The number of hydrogen-bond donors (Lipinski definition) is 2. The monoisotopic (exact) mass is 294 g/mol. The highest BCUT2D eigenvalue weighted by Gasteiger charge is 2.16. The molecule has 0 aliphatic heterocycles. The molecule has 1 heterocycles. The molecule has 4 nitrogen and oxygen atoms in total. The van der Waals surface area contributed by atoms with Crippen LogP contribution in [0, 0.1) is 13.8 Å². The fourth-order valence-electron chi connectivity index (χ4n) is 1.97. The number of aryl methyl sites for hydroxylation is 2. The molecule has 0 saturated heterocycles. The average molecular weight is 295 g/mol. The largest absolute Gasteiger partial charge is 0.389 e. The van der Waals surface area contributed by atoms with Crippen molar-refractivity contribution in [3.8, 4) is 0 Å². The van der Waals surface area contributed by atoms with Gasteiger partial charge >= 0.3 is 0 Å². The molecule has 100 valence electrons. The smallest absolute Gasteiger partial charge is 0.138 e. The van der Waals surface area contributed by atoms with E-state index in [1.807, 2.05) is 39.1 Å². The minimum Gasteiger partial charge on any atom is -0.389 e. The van der Waals surface area contributed by atoms with Crippen LogP contribution < -0.4 is 11.1 Å². The lowest BCUT2D eigenvalue weighted by molar-refractivity contribution is 0.765.